The molecule has 1 heterocycles. The zero-order valence-electron chi connectivity index (χ0n) is 9.71. The topological polar surface area (TPSA) is 70.1 Å². The number of halogens is 1. The number of aromatic nitrogens is 2. The highest BCUT2D eigenvalue weighted by atomic mass is 19.1. The normalized spacial score (nSPS) is 12.1. The van der Waals surface area contributed by atoms with Crippen molar-refractivity contribution in [1.29, 1.82) is 0 Å². The van der Waals surface area contributed by atoms with Crippen LogP contribution in [-0.2, 0) is 4.79 Å². The molecule has 0 saturated carbocycles. The Labute approximate surface area is 103 Å². The fourth-order valence-electron chi connectivity index (χ4n) is 1.40. The van der Waals surface area contributed by atoms with E-state index in [2.05, 4.69) is 5.10 Å². The second kappa shape index (κ2) is 4.87. The number of primary amides is 1. The molecule has 0 spiro atoms. The van der Waals surface area contributed by atoms with Crippen LogP contribution >= 0.6 is 0 Å². The standard InChI is InChI=1S/C12H12FN3O2/c1-8(12(14)17)18-9-6-15-16(7-9)11-5-3-2-4-10(11)13/h2-8H,1H3,(H2,14,17). The molecule has 18 heavy (non-hydrogen) atoms. The number of rotatable bonds is 4. The Morgan fingerprint density at radius 3 is 2.89 bits per heavy atom. The molecule has 94 valence electrons. The quantitative estimate of drug-likeness (QED) is 0.886. The Balaban J connectivity index is 2.21. The summed E-state index contributed by atoms with van der Waals surface area (Å²) < 4.78 is 20.1. The SMILES string of the molecule is CC(Oc1cnn(-c2ccccc2F)c1)C(N)=O. The second-order valence-corrected chi connectivity index (χ2v) is 3.73. The van der Waals surface area contributed by atoms with Crippen LogP contribution in [0.25, 0.3) is 5.69 Å². The molecule has 6 heteroatoms. The molecule has 0 bridgehead atoms. The fraction of sp³-hybridized carbons (Fsp3) is 0.167. The molecule has 0 radical (unpaired) electrons. The number of amides is 1. The highest BCUT2D eigenvalue weighted by molar-refractivity contribution is 5.78. The van der Waals surface area contributed by atoms with E-state index in [1.54, 1.807) is 18.2 Å². The molecule has 1 atom stereocenters. The third kappa shape index (κ3) is 2.48. The Kier molecular flexibility index (Phi) is 3.27. The first-order valence-corrected chi connectivity index (χ1v) is 5.33. The van der Waals surface area contributed by atoms with Crippen molar-refractivity contribution >= 4 is 5.91 Å². The van der Waals surface area contributed by atoms with E-state index in [0.717, 1.165) is 0 Å². The Bertz CT molecular complexity index is 568. The van der Waals surface area contributed by atoms with Gasteiger partial charge in [-0.15, -0.1) is 0 Å². The van der Waals surface area contributed by atoms with Crippen LogP contribution in [0.1, 0.15) is 6.92 Å². The lowest BCUT2D eigenvalue weighted by molar-refractivity contribution is -0.123. The van der Waals surface area contributed by atoms with Gasteiger partial charge in [-0.3, -0.25) is 4.79 Å². The summed E-state index contributed by atoms with van der Waals surface area (Å²) in [5.41, 5.74) is 5.38. The molecule has 0 aliphatic rings. The van der Waals surface area contributed by atoms with Crippen molar-refractivity contribution in [2.45, 2.75) is 13.0 Å². The van der Waals surface area contributed by atoms with E-state index >= 15 is 0 Å². The Morgan fingerprint density at radius 1 is 1.50 bits per heavy atom. The minimum absolute atomic E-state index is 0.305. The minimum atomic E-state index is -0.761. The van der Waals surface area contributed by atoms with Gasteiger partial charge in [0.25, 0.3) is 5.91 Å². The van der Waals surface area contributed by atoms with E-state index in [-0.39, 0.29) is 0 Å². The minimum Gasteiger partial charge on any atom is -0.478 e. The van der Waals surface area contributed by atoms with Crippen LogP contribution in [-0.4, -0.2) is 21.8 Å². The van der Waals surface area contributed by atoms with E-state index in [1.807, 2.05) is 0 Å². The van der Waals surface area contributed by atoms with Crippen molar-refractivity contribution in [3.05, 3.63) is 42.5 Å². The third-order valence-electron chi connectivity index (χ3n) is 2.37. The summed E-state index contributed by atoms with van der Waals surface area (Å²) >= 11 is 0. The predicted molar refractivity (Wildman–Crippen MR) is 62.8 cm³/mol. The molecule has 2 N–H and O–H groups in total. The third-order valence-corrected chi connectivity index (χ3v) is 2.37. The molecule has 1 aromatic carbocycles. The zero-order chi connectivity index (χ0) is 13.1. The van der Waals surface area contributed by atoms with Gasteiger partial charge in [0.05, 0.1) is 12.4 Å². The van der Waals surface area contributed by atoms with Gasteiger partial charge >= 0.3 is 0 Å². The molecule has 1 unspecified atom stereocenters. The van der Waals surface area contributed by atoms with Crippen LogP contribution < -0.4 is 10.5 Å². The van der Waals surface area contributed by atoms with Gasteiger partial charge in [-0.2, -0.15) is 5.10 Å². The van der Waals surface area contributed by atoms with Gasteiger partial charge < -0.3 is 10.5 Å². The first kappa shape index (κ1) is 12.1. The highest BCUT2D eigenvalue weighted by Gasteiger charge is 2.12. The first-order valence-electron chi connectivity index (χ1n) is 5.33. The van der Waals surface area contributed by atoms with Crippen molar-refractivity contribution in [3.63, 3.8) is 0 Å². The number of nitrogens with two attached hydrogens (primary N) is 1. The number of hydrogen-bond donors (Lipinski definition) is 1. The number of ether oxygens (including phenoxy) is 1. The van der Waals surface area contributed by atoms with Gasteiger partial charge in [0.2, 0.25) is 0 Å². The highest BCUT2D eigenvalue weighted by Crippen LogP contribution is 2.17. The molecule has 1 amide bonds. The van der Waals surface area contributed by atoms with Gasteiger partial charge in [0.15, 0.2) is 11.9 Å². The summed E-state index contributed by atoms with van der Waals surface area (Å²) in [6.45, 7) is 1.53. The van der Waals surface area contributed by atoms with Gasteiger partial charge in [-0.05, 0) is 19.1 Å². The van der Waals surface area contributed by atoms with Crippen LogP contribution in [0, 0.1) is 5.82 Å². The maximum Gasteiger partial charge on any atom is 0.258 e. The molecule has 0 aliphatic heterocycles. The Morgan fingerprint density at radius 2 is 2.22 bits per heavy atom. The van der Waals surface area contributed by atoms with Crippen LogP contribution in [0.2, 0.25) is 0 Å². The van der Waals surface area contributed by atoms with Crippen molar-refractivity contribution in [2.75, 3.05) is 0 Å². The molecular formula is C12H12FN3O2. The number of para-hydroxylation sites is 1. The first-order chi connectivity index (χ1) is 8.58. The number of hydrogen-bond acceptors (Lipinski definition) is 3. The smallest absolute Gasteiger partial charge is 0.258 e. The van der Waals surface area contributed by atoms with E-state index in [4.69, 9.17) is 10.5 Å². The molecular weight excluding hydrogens is 237 g/mol. The lowest BCUT2D eigenvalue weighted by atomic mass is 10.3. The predicted octanol–water partition coefficient (Wildman–Crippen LogP) is 1.26. The molecule has 2 aromatic rings. The monoisotopic (exact) mass is 249 g/mol. The number of carbonyl (C=O) groups excluding carboxylic acids is 1. The van der Waals surface area contributed by atoms with E-state index in [0.29, 0.717) is 11.4 Å². The summed E-state index contributed by atoms with van der Waals surface area (Å²) in [5.74, 6) is -0.617. The molecule has 0 aliphatic carbocycles. The van der Waals surface area contributed by atoms with Crippen molar-refractivity contribution in [2.24, 2.45) is 5.73 Å². The summed E-state index contributed by atoms with van der Waals surface area (Å²) in [4.78, 5) is 10.8. The van der Waals surface area contributed by atoms with Crippen molar-refractivity contribution in [1.82, 2.24) is 9.78 Å². The largest absolute Gasteiger partial charge is 0.478 e. The van der Waals surface area contributed by atoms with Crippen LogP contribution in [0.4, 0.5) is 4.39 Å². The average Bonchev–Trinajstić information content (AvgIpc) is 2.77. The van der Waals surface area contributed by atoms with Gasteiger partial charge in [0.1, 0.15) is 11.5 Å². The lowest BCUT2D eigenvalue weighted by Crippen LogP contribution is -2.30. The van der Waals surface area contributed by atoms with Crippen LogP contribution in [0.15, 0.2) is 36.7 Å². The summed E-state index contributed by atoms with van der Waals surface area (Å²) in [6.07, 6.45) is 2.12. The number of carbonyl (C=O) groups is 1. The van der Waals surface area contributed by atoms with Crippen molar-refractivity contribution in [3.8, 4) is 11.4 Å². The maximum atomic E-state index is 13.5. The van der Waals surface area contributed by atoms with Gasteiger partial charge in [-0.25, -0.2) is 9.07 Å². The van der Waals surface area contributed by atoms with Gasteiger partial charge in [-0.1, -0.05) is 12.1 Å². The van der Waals surface area contributed by atoms with E-state index in [1.165, 1.54) is 30.1 Å². The second-order valence-electron chi connectivity index (χ2n) is 3.73. The molecule has 0 saturated heterocycles. The maximum absolute atomic E-state index is 13.5. The molecule has 5 nitrogen and oxygen atoms in total. The lowest BCUT2D eigenvalue weighted by Gasteiger charge is -2.08. The van der Waals surface area contributed by atoms with Crippen LogP contribution in [0.5, 0.6) is 5.75 Å². The van der Waals surface area contributed by atoms with Crippen LogP contribution in [0.3, 0.4) is 0 Å². The average molecular weight is 249 g/mol. The van der Waals surface area contributed by atoms with Crippen molar-refractivity contribution < 1.29 is 13.9 Å². The fourth-order valence-corrected chi connectivity index (χ4v) is 1.40. The molecule has 1 aromatic heterocycles. The summed E-state index contributed by atoms with van der Waals surface area (Å²) in [6, 6.07) is 6.22. The number of nitrogens with zero attached hydrogens (tertiary/aromatic N) is 2. The summed E-state index contributed by atoms with van der Waals surface area (Å²) in [7, 11) is 0. The van der Waals surface area contributed by atoms with E-state index < -0.39 is 17.8 Å². The number of benzene rings is 1. The summed E-state index contributed by atoms with van der Waals surface area (Å²) in [5, 5.41) is 3.96. The molecule has 0 fully saturated rings. The van der Waals surface area contributed by atoms with Gasteiger partial charge in [0, 0.05) is 0 Å². The molecule has 2 rings (SSSR count). The Hall–Kier alpha value is -2.37. The zero-order valence-corrected chi connectivity index (χ0v) is 9.71. The van der Waals surface area contributed by atoms with E-state index in [9.17, 15) is 9.18 Å².